The third-order valence-corrected chi connectivity index (χ3v) is 22.0. The van der Waals surface area contributed by atoms with Gasteiger partial charge in [0.1, 0.15) is 17.7 Å². The number of hydrogen-bond donors (Lipinski definition) is 2. The Hall–Kier alpha value is -3.31. The van der Waals surface area contributed by atoms with Gasteiger partial charge in [0.05, 0.1) is 48.3 Å². The van der Waals surface area contributed by atoms with E-state index in [0.717, 1.165) is 63.6 Å². The molecule has 1 aromatic heterocycles. The first-order valence-corrected chi connectivity index (χ1v) is 25.8. The van der Waals surface area contributed by atoms with Gasteiger partial charge >= 0.3 is 11.9 Å². The van der Waals surface area contributed by atoms with E-state index in [1.54, 1.807) is 13.2 Å². The number of aliphatic carboxylic acids is 1. The molecule has 2 heterocycles. The Bertz CT molecular complexity index is 2240. The van der Waals surface area contributed by atoms with Crippen molar-refractivity contribution in [1.29, 1.82) is 0 Å². The van der Waals surface area contributed by atoms with E-state index in [1.807, 2.05) is 26.1 Å². The van der Waals surface area contributed by atoms with Gasteiger partial charge in [0.15, 0.2) is 0 Å². The van der Waals surface area contributed by atoms with Crippen LogP contribution < -0.4 is 0 Å². The molecule has 0 spiro atoms. The van der Waals surface area contributed by atoms with Crippen LogP contribution in [0.1, 0.15) is 157 Å². The van der Waals surface area contributed by atoms with Crippen molar-refractivity contribution in [2.45, 2.75) is 164 Å². The molecular formula is C55H78FN3O7. The first-order valence-electron chi connectivity index (χ1n) is 25.8. The molecule has 10 rings (SSSR count). The second-order valence-electron chi connectivity index (χ2n) is 25.3. The number of aromatic amines is 1. The fourth-order valence-electron chi connectivity index (χ4n) is 17.8. The third-order valence-electron chi connectivity index (χ3n) is 22.0. The monoisotopic (exact) mass is 912 g/mol. The fraction of sp³-hybridized carbons (Fsp3) is 0.782. The van der Waals surface area contributed by atoms with Crippen molar-refractivity contribution in [3.63, 3.8) is 0 Å². The number of carbonyl (C=O) groups is 3. The molecule has 8 fully saturated rings. The van der Waals surface area contributed by atoms with E-state index in [4.69, 9.17) is 19.2 Å². The second kappa shape index (κ2) is 15.9. The van der Waals surface area contributed by atoms with Gasteiger partial charge in [0, 0.05) is 37.3 Å². The molecule has 66 heavy (non-hydrogen) atoms. The van der Waals surface area contributed by atoms with Gasteiger partial charge in [-0.2, -0.15) is 0 Å². The SMILES string of the molecule is COCCO[C@@H]1C[C@@H](c2nc(-c3cccc(F)c3)c[nH]2)N(C(=O)[C@]23CCC(C4(C)CC4)[C@@H]2[C@H]2CC[C@@H]4[C@@]5(C)CC[C@H](OC(=O)[C@H]6C[C@@H](C(=O)O)C6(C)C)C(C)(C)[C@@H]5CC[C@@]4(C)[C@]2(C)CC3)C1. The van der Waals surface area contributed by atoms with E-state index < -0.39 is 22.7 Å². The third kappa shape index (κ3) is 6.77. The Labute approximate surface area is 392 Å². The summed E-state index contributed by atoms with van der Waals surface area (Å²) in [5.74, 6) is 1.02. The molecule has 14 atom stereocenters. The lowest BCUT2D eigenvalue weighted by Gasteiger charge is -2.73. The topological polar surface area (TPSA) is 131 Å². The quantitative estimate of drug-likeness (QED) is 0.168. The number of benzene rings is 1. The number of amides is 1. The number of halogens is 1. The zero-order chi connectivity index (χ0) is 47.0. The summed E-state index contributed by atoms with van der Waals surface area (Å²) in [4.78, 5) is 52.4. The first kappa shape index (κ1) is 46.4. The Morgan fingerprint density at radius 2 is 1.59 bits per heavy atom. The number of methoxy groups -OCH3 is 1. The number of aromatic nitrogens is 2. The summed E-state index contributed by atoms with van der Waals surface area (Å²) in [6, 6.07) is 6.27. The van der Waals surface area contributed by atoms with Crippen LogP contribution in [0.3, 0.4) is 0 Å². The molecule has 2 N–H and O–H groups in total. The van der Waals surface area contributed by atoms with Crippen LogP contribution in [0.15, 0.2) is 30.5 Å². The lowest BCUT2D eigenvalue weighted by Crippen LogP contribution is -2.67. The summed E-state index contributed by atoms with van der Waals surface area (Å²) in [6.45, 7) is 20.4. The molecule has 1 saturated heterocycles. The van der Waals surface area contributed by atoms with Crippen molar-refractivity contribution in [2.75, 3.05) is 26.9 Å². The van der Waals surface area contributed by atoms with Gasteiger partial charge in [-0.3, -0.25) is 14.4 Å². The normalized spacial score (nSPS) is 42.5. The van der Waals surface area contributed by atoms with Gasteiger partial charge in [0.25, 0.3) is 0 Å². The van der Waals surface area contributed by atoms with Crippen LogP contribution in [-0.2, 0) is 28.6 Å². The molecule has 1 amide bonds. The maximum Gasteiger partial charge on any atom is 0.309 e. The van der Waals surface area contributed by atoms with E-state index in [2.05, 4.69) is 51.4 Å². The standard InChI is InChI=1S/C55H78FN3O7/c1-49(2)37(46(60)61)29-38(49)47(62)66-43-17-18-52(6)41(50(43,3)4)16-19-54(8)42(52)14-13-36-44-35(51(5)21-22-51)15-20-55(44,24-23-53(36,54)7)48(63)59-31-34(65-26-25-64-9)28-40(59)45-57-30-39(58-45)32-11-10-12-33(56)27-32/h10-12,27,30,34-38,40-44H,13-26,28-29,31H2,1-9H3,(H,57,58)(H,60,61)/t34-,35?,36-,37+,38-,40+,41+,42-,43+,44-,52+,53-,54-,55+/m1/s1. The number of fused-ring (bicyclic) bond motifs is 7. The zero-order valence-electron chi connectivity index (χ0n) is 41.4. The number of H-pyrrole nitrogens is 1. The van der Waals surface area contributed by atoms with Gasteiger partial charge in [-0.25, -0.2) is 9.37 Å². The molecule has 8 aliphatic rings. The van der Waals surface area contributed by atoms with Gasteiger partial charge in [0.2, 0.25) is 5.91 Å². The molecule has 362 valence electrons. The lowest BCUT2D eigenvalue weighted by molar-refractivity contribution is -0.253. The van der Waals surface area contributed by atoms with Crippen molar-refractivity contribution < 1.29 is 38.1 Å². The van der Waals surface area contributed by atoms with Crippen LogP contribution in [0.5, 0.6) is 0 Å². The number of nitrogens with zero attached hydrogens (tertiary/aromatic N) is 2. The second-order valence-corrected chi connectivity index (χ2v) is 25.3. The predicted octanol–water partition coefficient (Wildman–Crippen LogP) is 11.1. The minimum absolute atomic E-state index is 0.0766. The lowest BCUT2D eigenvalue weighted by atomic mass is 9.32. The predicted molar refractivity (Wildman–Crippen MR) is 249 cm³/mol. The van der Waals surface area contributed by atoms with Crippen LogP contribution in [0.25, 0.3) is 11.3 Å². The minimum Gasteiger partial charge on any atom is -0.481 e. The molecule has 11 heteroatoms. The van der Waals surface area contributed by atoms with Crippen LogP contribution in [0.4, 0.5) is 4.39 Å². The van der Waals surface area contributed by atoms with Crippen molar-refractivity contribution in [2.24, 2.45) is 79.3 Å². The maximum absolute atomic E-state index is 16.1. The fourth-order valence-corrected chi connectivity index (χ4v) is 17.8. The maximum atomic E-state index is 16.1. The smallest absolute Gasteiger partial charge is 0.309 e. The average Bonchev–Trinajstić information content (AvgIpc) is 3.60. The molecule has 0 bridgehead atoms. The molecule has 1 aliphatic heterocycles. The molecule has 10 nitrogen and oxygen atoms in total. The zero-order valence-corrected chi connectivity index (χ0v) is 41.4. The summed E-state index contributed by atoms with van der Waals surface area (Å²) in [5, 5.41) is 9.75. The number of hydrogen-bond acceptors (Lipinski definition) is 7. The van der Waals surface area contributed by atoms with E-state index in [0.29, 0.717) is 79.4 Å². The van der Waals surface area contributed by atoms with Gasteiger partial charge in [-0.15, -0.1) is 0 Å². The number of carboxylic acids is 1. The number of nitrogens with one attached hydrogen (secondary N) is 1. The number of esters is 1. The van der Waals surface area contributed by atoms with Crippen LogP contribution in [0.2, 0.25) is 0 Å². The van der Waals surface area contributed by atoms with Crippen molar-refractivity contribution >= 4 is 17.8 Å². The van der Waals surface area contributed by atoms with Crippen LogP contribution in [0, 0.1) is 85.1 Å². The highest BCUT2D eigenvalue weighted by atomic mass is 19.1. The minimum atomic E-state index is -0.826. The summed E-state index contributed by atoms with van der Waals surface area (Å²) in [6.07, 6.45) is 15.4. The van der Waals surface area contributed by atoms with E-state index in [-0.39, 0.29) is 63.0 Å². The summed E-state index contributed by atoms with van der Waals surface area (Å²) >= 11 is 0. The van der Waals surface area contributed by atoms with Gasteiger partial charge in [-0.1, -0.05) is 67.5 Å². The molecule has 1 unspecified atom stereocenters. The van der Waals surface area contributed by atoms with E-state index in [1.165, 1.54) is 31.4 Å². The first-order chi connectivity index (χ1) is 31.1. The van der Waals surface area contributed by atoms with Crippen molar-refractivity contribution in [1.82, 2.24) is 14.9 Å². The Kier molecular flexibility index (Phi) is 11.2. The van der Waals surface area contributed by atoms with Crippen molar-refractivity contribution in [3.05, 3.63) is 42.1 Å². The van der Waals surface area contributed by atoms with Gasteiger partial charge < -0.3 is 29.2 Å². The number of rotatable bonds is 11. The number of carboxylic acid groups (broad SMARTS) is 1. The Morgan fingerprint density at radius 1 is 0.818 bits per heavy atom. The molecule has 1 aromatic carbocycles. The number of carbonyl (C=O) groups excluding carboxylic acids is 2. The highest BCUT2D eigenvalue weighted by molar-refractivity contribution is 5.85. The number of ether oxygens (including phenoxy) is 3. The molecule has 2 aromatic rings. The summed E-state index contributed by atoms with van der Waals surface area (Å²) in [7, 11) is 1.68. The average molecular weight is 912 g/mol. The van der Waals surface area contributed by atoms with E-state index in [9.17, 15) is 19.1 Å². The summed E-state index contributed by atoms with van der Waals surface area (Å²) < 4.78 is 32.6. The largest absolute Gasteiger partial charge is 0.481 e. The Morgan fingerprint density at radius 3 is 2.29 bits per heavy atom. The Balaban J connectivity index is 0.929. The highest BCUT2D eigenvalue weighted by Crippen LogP contribution is 2.79. The van der Waals surface area contributed by atoms with Crippen LogP contribution >= 0.6 is 0 Å². The summed E-state index contributed by atoms with van der Waals surface area (Å²) in [5.41, 5.74) is 0.677. The van der Waals surface area contributed by atoms with E-state index >= 15 is 4.79 Å². The van der Waals surface area contributed by atoms with Crippen LogP contribution in [-0.4, -0.2) is 76.9 Å². The molecular weight excluding hydrogens is 834 g/mol. The number of likely N-dealkylation sites (tertiary alicyclic amines) is 1. The highest BCUT2D eigenvalue weighted by Gasteiger charge is 2.74. The van der Waals surface area contributed by atoms with Gasteiger partial charge in [-0.05, 0) is 152 Å². The molecule has 7 saturated carbocycles. The molecule has 7 aliphatic carbocycles. The molecule has 0 radical (unpaired) electrons. The number of imidazole rings is 1. The van der Waals surface area contributed by atoms with Crippen molar-refractivity contribution in [3.8, 4) is 11.3 Å².